The summed E-state index contributed by atoms with van der Waals surface area (Å²) >= 11 is 0. The minimum absolute atomic E-state index is 0.513. The molecule has 0 saturated heterocycles. The van der Waals surface area contributed by atoms with Crippen molar-refractivity contribution in [1.29, 1.82) is 0 Å². The summed E-state index contributed by atoms with van der Waals surface area (Å²) in [6, 6.07) is 3.72. The SMILES string of the molecule is COc1ncccc1CC1(C(=O)O)CCCC1. The molecular weight excluding hydrogens is 218 g/mol. The molecule has 0 unspecified atom stereocenters. The maximum absolute atomic E-state index is 11.5. The molecule has 1 aliphatic rings. The van der Waals surface area contributed by atoms with Crippen molar-refractivity contribution in [3.8, 4) is 5.88 Å². The summed E-state index contributed by atoms with van der Waals surface area (Å²) in [5.41, 5.74) is 0.273. The van der Waals surface area contributed by atoms with Crippen molar-refractivity contribution in [2.45, 2.75) is 32.1 Å². The minimum Gasteiger partial charge on any atom is -0.481 e. The Morgan fingerprint density at radius 3 is 2.82 bits per heavy atom. The van der Waals surface area contributed by atoms with Crippen LogP contribution in [0.15, 0.2) is 18.3 Å². The van der Waals surface area contributed by atoms with E-state index in [1.165, 1.54) is 0 Å². The number of carboxylic acid groups (broad SMARTS) is 1. The van der Waals surface area contributed by atoms with Gasteiger partial charge in [-0.3, -0.25) is 4.79 Å². The second-order valence-corrected chi connectivity index (χ2v) is 4.64. The average molecular weight is 235 g/mol. The van der Waals surface area contributed by atoms with E-state index < -0.39 is 11.4 Å². The summed E-state index contributed by atoms with van der Waals surface area (Å²) in [4.78, 5) is 15.6. The molecule has 0 atom stereocenters. The maximum atomic E-state index is 11.5. The molecule has 0 spiro atoms. The Morgan fingerprint density at radius 1 is 1.53 bits per heavy atom. The van der Waals surface area contributed by atoms with E-state index in [9.17, 15) is 9.90 Å². The number of rotatable bonds is 4. The Hall–Kier alpha value is -1.58. The summed E-state index contributed by atoms with van der Waals surface area (Å²) in [7, 11) is 1.56. The number of hydrogen-bond donors (Lipinski definition) is 1. The third-order valence-corrected chi connectivity index (χ3v) is 3.59. The van der Waals surface area contributed by atoms with Gasteiger partial charge in [0, 0.05) is 11.8 Å². The van der Waals surface area contributed by atoms with Crippen molar-refractivity contribution < 1.29 is 14.6 Å². The van der Waals surface area contributed by atoms with Crippen LogP contribution in [0.2, 0.25) is 0 Å². The van der Waals surface area contributed by atoms with Crippen LogP contribution in [0.5, 0.6) is 5.88 Å². The van der Waals surface area contributed by atoms with Crippen LogP contribution in [-0.2, 0) is 11.2 Å². The molecular formula is C13H17NO3. The van der Waals surface area contributed by atoms with Crippen molar-refractivity contribution in [3.05, 3.63) is 23.9 Å². The monoisotopic (exact) mass is 235 g/mol. The third kappa shape index (κ3) is 2.25. The van der Waals surface area contributed by atoms with Crippen LogP contribution in [0.1, 0.15) is 31.2 Å². The predicted molar refractivity (Wildman–Crippen MR) is 63.0 cm³/mol. The first-order valence-electron chi connectivity index (χ1n) is 5.89. The summed E-state index contributed by atoms with van der Waals surface area (Å²) in [6.45, 7) is 0. The molecule has 1 heterocycles. The summed E-state index contributed by atoms with van der Waals surface area (Å²) in [6.07, 6.45) is 5.66. The fourth-order valence-electron chi connectivity index (χ4n) is 2.63. The molecule has 0 bridgehead atoms. The molecule has 1 saturated carbocycles. The minimum atomic E-state index is -0.694. The van der Waals surface area contributed by atoms with Crippen molar-refractivity contribution in [2.75, 3.05) is 7.11 Å². The standard InChI is InChI=1S/C13H17NO3/c1-17-11-10(5-4-8-14-11)9-13(12(15)16)6-2-3-7-13/h4-5,8H,2-3,6-7,9H2,1H3,(H,15,16). The lowest BCUT2D eigenvalue weighted by Gasteiger charge is -2.24. The molecule has 0 radical (unpaired) electrons. The molecule has 1 aromatic rings. The van der Waals surface area contributed by atoms with Gasteiger partial charge < -0.3 is 9.84 Å². The Labute approximate surface area is 101 Å². The summed E-state index contributed by atoms with van der Waals surface area (Å²) in [5.74, 6) is -0.152. The number of pyridine rings is 1. The van der Waals surface area contributed by atoms with E-state index in [1.807, 2.05) is 12.1 Å². The summed E-state index contributed by atoms with van der Waals surface area (Å²) < 4.78 is 5.18. The molecule has 0 aliphatic heterocycles. The van der Waals surface area contributed by atoms with Gasteiger partial charge in [-0.2, -0.15) is 0 Å². The lowest BCUT2D eigenvalue weighted by molar-refractivity contribution is -0.148. The lowest BCUT2D eigenvalue weighted by Crippen LogP contribution is -2.30. The van der Waals surface area contributed by atoms with Crippen LogP contribution in [0.4, 0.5) is 0 Å². The number of ether oxygens (including phenoxy) is 1. The molecule has 1 N–H and O–H groups in total. The second kappa shape index (κ2) is 4.73. The average Bonchev–Trinajstić information content (AvgIpc) is 2.80. The van der Waals surface area contributed by atoms with Gasteiger partial charge in [0.05, 0.1) is 12.5 Å². The van der Waals surface area contributed by atoms with Gasteiger partial charge in [-0.25, -0.2) is 4.98 Å². The highest BCUT2D eigenvalue weighted by Crippen LogP contribution is 2.42. The molecule has 2 rings (SSSR count). The first-order valence-corrected chi connectivity index (χ1v) is 5.89. The van der Waals surface area contributed by atoms with Gasteiger partial charge in [0.15, 0.2) is 0 Å². The zero-order chi connectivity index (χ0) is 12.3. The van der Waals surface area contributed by atoms with Crippen LogP contribution < -0.4 is 4.74 Å². The third-order valence-electron chi connectivity index (χ3n) is 3.59. The van der Waals surface area contributed by atoms with Crippen molar-refractivity contribution in [1.82, 2.24) is 4.98 Å². The van der Waals surface area contributed by atoms with Gasteiger partial charge in [0.25, 0.3) is 0 Å². The Morgan fingerprint density at radius 2 is 2.24 bits per heavy atom. The van der Waals surface area contributed by atoms with E-state index in [4.69, 9.17) is 4.74 Å². The van der Waals surface area contributed by atoms with Crippen LogP contribution in [0, 0.1) is 5.41 Å². The fraction of sp³-hybridized carbons (Fsp3) is 0.538. The normalized spacial score (nSPS) is 17.9. The second-order valence-electron chi connectivity index (χ2n) is 4.64. The van der Waals surface area contributed by atoms with Crippen molar-refractivity contribution in [3.63, 3.8) is 0 Å². The van der Waals surface area contributed by atoms with Gasteiger partial charge in [-0.15, -0.1) is 0 Å². The fourth-order valence-corrected chi connectivity index (χ4v) is 2.63. The van der Waals surface area contributed by atoms with E-state index in [0.717, 1.165) is 31.2 Å². The van der Waals surface area contributed by atoms with Crippen LogP contribution >= 0.6 is 0 Å². The number of methoxy groups -OCH3 is 1. The number of hydrogen-bond acceptors (Lipinski definition) is 3. The van der Waals surface area contributed by atoms with Gasteiger partial charge in [-0.1, -0.05) is 18.9 Å². The van der Waals surface area contributed by atoms with E-state index in [0.29, 0.717) is 12.3 Å². The summed E-state index contributed by atoms with van der Waals surface area (Å²) in [5, 5.41) is 9.43. The van der Waals surface area contributed by atoms with E-state index in [2.05, 4.69) is 4.98 Å². The van der Waals surface area contributed by atoms with E-state index >= 15 is 0 Å². The quantitative estimate of drug-likeness (QED) is 0.869. The number of carbonyl (C=O) groups is 1. The molecule has 0 amide bonds. The number of carboxylic acids is 1. The molecule has 1 aromatic heterocycles. The highest BCUT2D eigenvalue weighted by molar-refractivity contribution is 5.75. The van der Waals surface area contributed by atoms with Crippen LogP contribution in [0.3, 0.4) is 0 Å². The van der Waals surface area contributed by atoms with Gasteiger partial charge in [-0.05, 0) is 25.3 Å². The van der Waals surface area contributed by atoms with Crippen molar-refractivity contribution in [2.24, 2.45) is 5.41 Å². The molecule has 0 aromatic carbocycles. The van der Waals surface area contributed by atoms with E-state index in [1.54, 1.807) is 13.3 Å². The number of nitrogens with zero attached hydrogens (tertiary/aromatic N) is 1. The lowest BCUT2D eigenvalue weighted by atomic mass is 9.80. The van der Waals surface area contributed by atoms with Crippen LogP contribution in [0.25, 0.3) is 0 Å². The van der Waals surface area contributed by atoms with E-state index in [-0.39, 0.29) is 0 Å². The first-order chi connectivity index (χ1) is 8.18. The van der Waals surface area contributed by atoms with Gasteiger partial charge >= 0.3 is 5.97 Å². The maximum Gasteiger partial charge on any atom is 0.309 e. The Kier molecular flexibility index (Phi) is 3.31. The molecule has 1 aliphatic carbocycles. The highest BCUT2D eigenvalue weighted by Gasteiger charge is 2.41. The van der Waals surface area contributed by atoms with Gasteiger partial charge in [0.2, 0.25) is 5.88 Å². The molecule has 92 valence electrons. The smallest absolute Gasteiger partial charge is 0.309 e. The van der Waals surface area contributed by atoms with Crippen molar-refractivity contribution >= 4 is 5.97 Å². The number of aliphatic carboxylic acids is 1. The molecule has 4 heteroatoms. The molecule has 4 nitrogen and oxygen atoms in total. The van der Waals surface area contributed by atoms with Gasteiger partial charge in [0.1, 0.15) is 0 Å². The molecule has 1 fully saturated rings. The largest absolute Gasteiger partial charge is 0.481 e. The number of aromatic nitrogens is 1. The predicted octanol–water partition coefficient (Wildman–Crippen LogP) is 2.28. The van der Waals surface area contributed by atoms with Crippen LogP contribution in [-0.4, -0.2) is 23.2 Å². The highest BCUT2D eigenvalue weighted by atomic mass is 16.5. The first kappa shape index (κ1) is 11.9. The zero-order valence-electron chi connectivity index (χ0n) is 9.98. The Balaban J connectivity index is 2.26. The zero-order valence-corrected chi connectivity index (χ0v) is 9.98. The molecule has 17 heavy (non-hydrogen) atoms. The topological polar surface area (TPSA) is 59.4 Å². The Bertz CT molecular complexity index is 411.